The smallest absolute Gasteiger partial charge is 0.265 e. The number of halogens is 1. The fourth-order valence-corrected chi connectivity index (χ4v) is 3.02. The Hall–Kier alpha value is -2.39. The van der Waals surface area contributed by atoms with Crippen LogP contribution in [0.4, 0.5) is 0 Å². The van der Waals surface area contributed by atoms with Crippen molar-refractivity contribution in [2.24, 2.45) is 0 Å². The molecule has 0 bridgehead atoms. The van der Waals surface area contributed by atoms with Crippen molar-refractivity contribution in [2.75, 3.05) is 0 Å². The van der Waals surface area contributed by atoms with Crippen molar-refractivity contribution in [2.45, 2.75) is 25.7 Å². The van der Waals surface area contributed by atoms with E-state index in [9.17, 15) is 9.59 Å². The number of rotatable bonds is 6. The van der Waals surface area contributed by atoms with Gasteiger partial charge in [0, 0.05) is 11.2 Å². The summed E-state index contributed by atoms with van der Waals surface area (Å²) in [6.45, 7) is 0. The molecule has 1 heterocycles. The maximum atomic E-state index is 12.2. The lowest BCUT2D eigenvalue weighted by molar-refractivity contribution is 0.0721. The zero-order valence-electron chi connectivity index (χ0n) is 13.2. The highest BCUT2D eigenvalue weighted by molar-refractivity contribution is 6.30. The summed E-state index contributed by atoms with van der Waals surface area (Å²) in [6.07, 6.45) is 7.32. The standard InChI is InChI=1S/C20H18ClNO2/c21-16-10-7-9-15(14-16)8-3-1-2-6-13-22-19(23)17-11-4-5-12-18(17)20(22)24/h4-7,9-14H,1-3,8H2. The van der Waals surface area contributed by atoms with Crippen LogP contribution < -0.4 is 0 Å². The van der Waals surface area contributed by atoms with Crippen LogP contribution in [0.1, 0.15) is 45.5 Å². The predicted molar refractivity (Wildman–Crippen MR) is 95.1 cm³/mol. The van der Waals surface area contributed by atoms with Crippen LogP contribution in [-0.2, 0) is 6.42 Å². The zero-order valence-corrected chi connectivity index (χ0v) is 14.0. The SMILES string of the molecule is O=C1c2ccccc2C(=O)N1C=CCCCCc1cccc(Cl)c1. The number of carbonyl (C=O) groups excluding carboxylic acids is 2. The van der Waals surface area contributed by atoms with Crippen LogP contribution in [-0.4, -0.2) is 16.7 Å². The van der Waals surface area contributed by atoms with Gasteiger partial charge in [-0.3, -0.25) is 9.59 Å². The third-order valence-corrected chi connectivity index (χ3v) is 4.29. The van der Waals surface area contributed by atoms with Crippen molar-refractivity contribution >= 4 is 23.4 Å². The third kappa shape index (κ3) is 3.57. The lowest BCUT2D eigenvalue weighted by Gasteiger charge is -2.06. The summed E-state index contributed by atoms with van der Waals surface area (Å²) in [4.78, 5) is 25.6. The van der Waals surface area contributed by atoms with Gasteiger partial charge in [-0.25, -0.2) is 4.90 Å². The molecule has 0 radical (unpaired) electrons. The van der Waals surface area contributed by atoms with E-state index in [1.807, 2.05) is 24.3 Å². The number of carbonyl (C=O) groups is 2. The molecule has 0 saturated heterocycles. The molecule has 0 saturated carbocycles. The average Bonchev–Trinajstić information content (AvgIpc) is 2.83. The first-order valence-electron chi connectivity index (χ1n) is 8.05. The Bertz CT molecular complexity index is 763. The van der Waals surface area contributed by atoms with E-state index >= 15 is 0 Å². The van der Waals surface area contributed by atoms with E-state index in [1.54, 1.807) is 30.5 Å². The first-order valence-corrected chi connectivity index (χ1v) is 8.42. The van der Waals surface area contributed by atoms with Crippen LogP contribution in [0, 0.1) is 0 Å². The molecule has 0 spiro atoms. The number of nitrogens with zero attached hydrogens (tertiary/aromatic N) is 1. The Kier molecular flexibility index (Phi) is 5.11. The highest BCUT2D eigenvalue weighted by atomic mass is 35.5. The molecular weight excluding hydrogens is 322 g/mol. The monoisotopic (exact) mass is 339 g/mol. The van der Waals surface area contributed by atoms with Crippen LogP contribution in [0.25, 0.3) is 0 Å². The minimum Gasteiger partial charge on any atom is -0.268 e. The summed E-state index contributed by atoms with van der Waals surface area (Å²) < 4.78 is 0. The molecule has 3 rings (SSSR count). The molecule has 122 valence electrons. The number of hydrogen-bond donors (Lipinski definition) is 0. The molecule has 3 nitrogen and oxygen atoms in total. The van der Waals surface area contributed by atoms with Gasteiger partial charge in [-0.1, -0.05) is 41.9 Å². The van der Waals surface area contributed by atoms with Crippen LogP contribution in [0.15, 0.2) is 60.8 Å². The Morgan fingerprint density at radius 1 is 0.917 bits per heavy atom. The Balaban J connectivity index is 1.47. The van der Waals surface area contributed by atoms with E-state index < -0.39 is 0 Å². The molecule has 0 unspecified atom stereocenters. The largest absolute Gasteiger partial charge is 0.268 e. The normalized spacial score (nSPS) is 13.8. The van der Waals surface area contributed by atoms with E-state index in [0.29, 0.717) is 11.1 Å². The minimum absolute atomic E-state index is 0.245. The van der Waals surface area contributed by atoms with Crippen molar-refractivity contribution in [3.8, 4) is 0 Å². The molecule has 0 atom stereocenters. The van der Waals surface area contributed by atoms with Crippen molar-refractivity contribution < 1.29 is 9.59 Å². The fraction of sp³-hybridized carbons (Fsp3) is 0.200. The van der Waals surface area contributed by atoms with Crippen molar-refractivity contribution in [1.82, 2.24) is 4.90 Å². The third-order valence-electron chi connectivity index (χ3n) is 4.06. The topological polar surface area (TPSA) is 37.4 Å². The molecule has 2 aromatic carbocycles. The highest BCUT2D eigenvalue weighted by Gasteiger charge is 2.33. The quantitative estimate of drug-likeness (QED) is 0.556. The Labute approximate surface area is 146 Å². The van der Waals surface area contributed by atoms with Crippen molar-refractivity contribution in [3.05, 3.63) is 82.5 Å². The van der Waals surface area contributed by atoms with E-state index in [0.717, 1.165) is 30.7 Å². The van der Waals surface area contributed by atoms with Crippen LogP contribution in [0.3, 0.4) is 0 Å². The number of fused-ring (bicyclic) bond motifs is 1. The molecule has 4 heteroatoms. The second-order valence-corrected chi connectivity index (χ2v) is 6.22. The molecule has 1 aliphatic rings. The summed E-state index contributed by atoms with van der Waals surface area (Å²) in [6, 6.07) is 14.8. The van der Waals surface area contributed by atoms with Crippen LogP contribution in [0.2, 0.25) is 5.02 Å². The maximum Gasteiger partial charge on any atom is 0.265 e. The van der Waals surface area contributed by atoms with Crippen molar-refractivity contribution in [3.63, 3.8) is 0 Å². The lowest BCUT2D eigenvalue weighted by atomic mass is 10.1. The lowest BCUT2D eigenvalue weighted by Crippen LogP contribution is -2.23. The maximum absolute atomic E-state index is 12.2. The molecule has 0 aromatic heterocycles. The van der Waals surface area contributed by atoms with E-state index in [1.165, 1.54) is 10.5 Å². The van der Waals surface area contributed by atoms with Gasteiger partial charge in [0.2, 0.25) is 0 Å². The second-order valence-electron chi connectivity index (χ2n) is 5.79. The number of unbranched alkanes of at least 4 members (excludes halogenated alkanes) is 2. The zero-order chi connectivity index (χ0) is 16.9. The van der Waals surface area contributed by atoms with Gasteiger partial charge < -0.3 is 0 Å². The first-order chi connectivity index (χ1) is 11.7. The van der Waals surface area contributed by atoms with E-state index in [2.05, 4.69) is 6.07 Å². The first kappa shape index (κ1) is 16.5. The van der Waals surface area contributed by atoms with Gasteiger partial charge in [0.15, 0.2) is 0 Å². The molecular formula is C20H18ClNO2. The predicted octanol–water partition coefficient (Wildman–Crippen LogP) is 4.86. The van der Waals surface area contributed by atoms with Crippen LogP contribution in [0.5, 0.6) is 0 Å². The van der Waals surface area contributed by atoms with Crippen LogP contribution >= 0.6 is 11.6 Å². The number of hydrogen-bond acceptors (Lipinski definition) is 2. The number of aryl methyl sites for hydroxylation is 1. The van der Waals surface area contributed by atoms with Gasteiger partial charge in [0.25, 0.3) is 11.8 Å². The molecule has 0 aliphatic carbocycles. The van der Waals surface area contributed by atoms with Gasteiger partial charge in [-0.2, -0.15) is 0 Å². The number of allylic oxidation sites excluding steroid dienone is 1. The Morgan fingerprint density at radius 3 is 2.29 bits per heavy atom. The van der Waals surface area contributed by atoms with Gasteiger partial charge in [0.1, 0.15) is 0 Å². The highest BCUT2D eigenvalue weighted by Crippen LogP contribution is 2.22. The second kappa shape index (κ2) is 7.45. The Morgan fingerprint density at radius 2 is 1.62 bits per heavy atom. The molecule has 24 heavy (non-hydrogen) atoms. The summed E-state index contributed by atoms with van der Waals surface area (Å²) >= 11 is 5.97. The number of amides is 2. The summed E-state index contributed by atoms with van der Waals surface area (Å²) in [5.41, 5.74) is 2.19. The van der Waals surface area contributed by atoms with E-state index in [4.69, 9.17) is 11.6 Å². The molecule has 2 aromatic rings. The number of imide groups is 1. The van der Waals surface area contributed by atoms with Gasteiger partial charge in [-0.05, 0) is 55.5 Å². The molecule has 0 N–H and O–H groups in total. The molecule has 0 fully saturated rings. The van der Waals surface area contributed by atoms with Crippen molar-refractivity contribution in [1.29, 1.82) is 0 Å². The average molecular weight is 340 g/mol. The van der Waals surface area contributed by atoms with E-state index in [-0.39, 0.29) is 11.8 Å². The van der Waals surface area contributed by atoms with Gasteiger partial charge in [-0.15, -0.1) is 0 Å². The molecule has 1 aliphatic heterocycles. The molecule has 2 amide bonds. The summed E-state index contributed by atoms with van der Waals surface area (Å²) in [5.74, 6) is -0.489. The summed E-state index contributed by atoms with van der Waals surface area (Å²) in [5, 5.41) is 0.762. The fourth-order valence-electron chi connectivity index (χ4n) is 2.81. The number of benzene rings is 2. The van der Waals surface area contributed by atoms with Gasteiger partial charge >= 0.3 is 0 Å². The minimum atomic E-state index is -0.245. The summed E-state index contributed by atoms with van der Waals surface area (Å²) in [7, 11) is 0. The van der Waals surface area contributed by atoms with Gasteiger partial charge in [0.05, 0.1) is 11.1 Å².